The molecule has 2 aromatic rings. The van der Waals surface area contributed by atoms with Crippen molar-refractivity contribution in [2.24, 2.45) is 5.41 Å². The summed E-state index contributed by atoms with van der Waals surface area (Å²) in [6.07, 6.45) is 2.96. The summed E-state index contributed by atoms with van der Waals surface area (Å²) in [5.41, 5.74) is 4.48. The van der Waals surface area contributed by atoms with E-state index < -0.39 is 5.41 Å². The van der Waals surface area contributed by atoms with Crippen molar-refractivity contribution < 1.29 is 19.0 Å². The van der Waals surface area contributed by atoms with Crippen molar-refractivity contribution in [3.63, 3.8) is 0 Å². The number of rotatable bonds is 4. The smallest absolute Gasteiger partial charge is 0.316 e. The Hall–Kier alpha value is -2.69. The van der Waals surface area contributed by atoms with Gasteiger partial charge in [-0.2, -0.15) is 0 Å². The molecule has 0 fully saturated rings. The van der Waals surface area contributed by atoms with Crippen LogP contribution in [0.1, 0.15) is 56.7 Å². The first-order chi connectivity index (χ1) is 13.8. The number of aryl methyl sites for hydroxylation is 1. The van der Waals surface area contributed by atoms with Crippen molar-refractivity contribution in [2.75, 3.05) is 18.7 Å². The van der Waals surface area contributed by atoms with Crippen molar-refractivity contribution in [3.8, 4) is 17.2 Å². The molecule has 0 aromatic heterocycles. The Kier molecular flexibility index (Phi) is 5.15. The fraction of sp³-hybridized carbons (Fsp3) is 0.458. The molecule has 2 aliphatic rings. The maximum Gasteiger partial charge on any atom is 0.316 e. The summed E-state index contributed by atoms with van der Waals surface area (Å²) in [7, 11) is 0. The molecule has 4 rings (SSSR count). The standard InChI is InChI=1S/C24H29NO4/c1-5-25-20-13-22-21(27-14-28-22)12-19(20)17-7-6-16-11-18(9-8-15(16)10-17)29-23(26)24(2,3)4/h8-9,11-13,17,25H,5-7,10,14H2,1-4H3. The largest absolute Gasteiger partial charge is 0.454 e. The predicted octanol–water partition coefficient (Wildman–Crippen LogP) is 5.07. The topological polar surface area (TPSA) is 56.8 Å². The van der Waals surface area contributed by atoms with E-state index in [0.717, 1.165) is 43.0 Å². The third-order valence-electron chi connectivity index (χ3n) is 5.58. The van der Waals surface area contributed by atoms with Crippen LogP contribution in [-0.4, -0.2) is 19.3 Å². The Morgan fingerprint density at radius 2 is 1.90 bits per heavy atom. The van der Waals surface area contributed by atoms with Gasteiger partial charge in [0.05, 0.1) is 5.41 Å². The van der Waals surface area contributed by atoms with Crippen LogP contribution in [0.5, 0.6) is 17.2 Å². The van der Waals surface area contributed by atoms with Gasteiger partial charge in [-0.05, 0) is 87.8 Å². The first-order valence-electron chi connectivity index (χ1n) is 10.4. The summed E-state index contributed by atoms with van der Waals surface area (Å²) in [6, 6.07) is 10.2. The predicted molar refractivity (Wildman–Crippen MR) is 113 cm³/mol. The van der Waals surface area contributed by atoms with Crippen molar-refractivity contribution in [1.82, 2.24) is 0 Å². The van der Waals surface area contributed by atoms with Crippen molar-refractivity contribution in [1.29, 1.82) is 0 Å². The molecule has 0 spiro atoms. The Morgan fingerprint density at radius 3 is 2.62 bits per heavy atom. The van der Waals surface area contributed by atoms with Gasteiger partial charge in [0.1, 0.15) is 5.75 Å². The van der Waals surface area contributed by atoms with Crippen LogP contribution in [0.3, 0.4) is 0 Å². The molecule has 0 saturated carbocycles. The minimum Gasteiger partial charge on any atom is -0.454 e. The molecule has 1 aliphatic carbocycles. The van der Waals surface area contributed by atoms with Crippen molar-refractivity contribution in [3.05, 3.63) is 47.0 Å². The Labute approximate surface area is 172 Å². The molecule has 5 nitrogen and oxygen atoms in total. The van der Waals surface area contributed by atoms with Gasteiger partial charge in [0, 0.05) is 18.3 Å². The molecule has 1 unspecified atom stereocenters. The van der Waals surface area contributed by atoms with E-state index in [4.69, 9.17) is 14.2 Å². The van der Waals surface area contributed by atoms with Crippen LogP contribution < -0.4 is 19.5 Å². The van der Waals surface area contributed by atoms with Crippen LogP contribution in [-0.2, 0) is 17.6 Å². The van der Waals surface area contributed by atoms with E-state index in [1.807, 2.05) is 32.9 Å². The molecule has 1 heterocycles. The zero-order valence-electron chi connectivity index (χ0n) is 17.6. The molecule has 29 heavy (non-hydrogen) atoms. The maximum absolute atomic E-state index is 12.2. The van der Waals surface area contributed by atoms with Crippen LogP contribution >= 0.6 is 0 Å². The van der Waals surface area contributed by atoms with Crippen molar-refractivity contribution in [2.45, 2.75) is 52.9 Å². The first-order valence-corrected chi connectivity index (χ1v) is 10.4. The molecule has 1 aliphatic heterocycles. The molecular formula is C24H29NO4. The molecule has 0 amide bonds. The highest BCUT2D eigenvalue weighted by Crippen LogP contribution is 2.43. The SMILES string of the molecule is CCNc1cc2c(cc1C1CCc3cc(OC(=O)C(C)(C)C)ccc3C1)OCO2. The quantitative estimate of drug-likeness (QED) is 0.578. The Balaban J connectivity index is 1.56. The minimum atomic E-state index is -0.511. The van der Waals surface area contributed by atoms with E-state index in [0.29, 0.717) is 11.7 Å². The summed E-state index contributed by atoms with van der Waals surface area (Å²) in [4.78, 5) is 12.2. The number of hydrogen-bond donors (Lipinski definition) is 1. The third-order valence-corrected chi connectivity index (χ3v) is 5.58. The molecule has 0 bridgehead atoms. The van der Waals surface area contributed by atoms with E-state index in [1.165, 1.54) is 16.7 Å². The van der Waals surface area contributed by atoms with Crippen LogP contribution in [0.4, 0.5) is 5.69 Å². The number of carbonyl (C=O) groups is 1. The average Bonchev–Trinajstić information content (AvgIpc) is 3.14. The summed E-state index contributed by atoms with van der Waals surface area (Å²) in [5.74, 6) is 2.48. The molecule has 0 radical (unpaired) electrons. The maximum atomic E-state index is 12.2. The zero-order valence-corrected chi connectivity index (χ0v) is 17.6. The highest BCUT2D eigenvalue weighted by Gasteiger charge is 2.27. The van der Waals surface area contributed by atoms with Gasteiger partial charge in [0.25, 0.3) is 0 Å². The first kappa shape index (κ1) is 19.6. The van der Waals surface area contributed by atoms with Gasteiger partial charge in [-0.25, -0.2) is 0 Å². The number of anilines is 1. The summed E-state index contributed by atoms with van der Waals surface area (Å²) in [6.45, 7) is 8.85. The number of ether oxygens (including phenoxy) is 3. The van der Waals surface area contributed by atoms with Crippen LogP contribution in [0.25, 0.3) is 0 Å². The summed E-state index contributed by atoms with van der Waals surface area (Å²) < 4.78 is 16.7. The summed E-state index contributed by atoms with van der Waals surface area (Å²) >= 11 is 0. The van der Waals surface area contributed by atoms with Gasteiger partial charge >= 0.3 is 5.97 Å². The lowest BCUT2D eigenvalue weighted by atomic mass is 9.79. The third kappa shape index (κ3) is 4.04. The van der Waals surface area contributed by atoms with Gasteiger partial charge in [-0.1, -0.05) is 6.07 Å². The van der Waals surface area contributed by atoms with Crippen molar-refractivity contribution >= 4 is 11.7 Å². The highest BCUT2D eigenvalue weighted by molar-refractivity contribution is 5.78. The monoisotopic (exact) mass is 395 g/mol. The van der Waals surface area contributed by atoms with Gasteiger partial charge in [0.15, 0.2) is 11.5 Å². The normalized spacial score (nSPS) is 17.6. The molecule has 0 saturated heterocycles. The van der Waals surface area contributed by atoms with Gasteiger partial charge in [-0.15, -0.1) is 0 Å². The van der Waals surface area contributed by atoms with E-state index in [1.54, 1.807) is 0 Å². The number of benzene rings is 2. The van der Waals surface area contributed by atoms with Gasteiger partial charge < -0.3 is 19.5 Å². The molecule has 1 atom stereocenters. The molecule has 5 heteroatoms. The van der Waals surface area contributed by atoms with E-state index >= 15 is 0 Å². The number of nitrogens with one attached hydrogen (secondary N) is 1. The summed E-state index contributed by atoms with van der Waals surface area (Å²) in [5, 5.41) is 3.48. The fourth-order valence-electron chi connectivity index (χ4n) is 3.96. The number of carbonyl (C=O) groups excluding carboxylic acids is 1. The van der Waals surface area contributed by atoms with Crippen LogP contribution in [0.2, 0.25) is 0 Å². The van der Waals surface area contributed by atoms with Crippen LogP contribution in [0, 0.1) is 5.41 Å². The lowest BCUT2D eigenvalue weighted by Gasteiger charge is -2.27. The molecule has 2 aromatic carbocycles. The zero-order chi connectivity index (χ0) is 20.6. The lowest BCUT2D eigenvalue weighted by molar-refractivity contribution is -0.143. The Bertz CT molecular complexity index is 929. The number of esters is 1. The number of hydrogen-bond acceptors (Lipinski definition) is 5. The van der Waals surface area contributed by atoms with E-state index in [9.17, 15) is 4.79 Å². The molecule has 154 valence electrons. The lowest BCUT2D eigenvalue weighted by Crippen LogP contribution is -2.25. The highest BCUT2D eigenvalue weighted by atomic mass is 16.7. The second-order valence-corrected chi connectivity index (χ2v) is 8.83. The number of fused-ring (bicyclic) bond motifs is 2. The Morgan fingerprint density at radius 1 is 1.14 bits per heavy atom. The average molecular weight is 395 g/mol. The second-order valence-electron chi connectivity index (χ2n) is 8.83. The van der Waals surface area contributed by atoms with Crippen LogP contribution in [0.15, 0.2) is 30.3 Å². The molecular weight excluding hydrogens is 366 g/mol. The minimum absolute atomic E-state index is 0.207. The van der Waals surface area contributed by atoms with E-state index in [-0.39, 0.29) is 12.8 Å². The van der Waals surface area contributed by atoms with Gasteiger partial charge in [0.2, 0.25) is 6.79 Å². The fourth-order valence-corrected chi connectivity index (χ4v) is 3.96. The second kappa shape index (κ2) is 7.62. The van der Waals surface area contributed by atoms with E-state index in [2.05, 4.69) is 30.4 Å². The molecule has 1 N–H and O–H groups in total. The van der Waals surface area contributed by atoms with Gasteiger partial charge in [-0.3, -0.25) is 4.79 Å².